The summed E-state index contributed by atoms with van der Waals surface area (Å²) in [6.45, 7) is 2.22. The van der Waals surface area contributed by atoms with Crippen LogP contribution in [0.1, 0.15) is 23.2 Å². The van der Waals surface area contributed by atoms with Gasteiger partial charge in [-0.05, 0) is 31.5 Å². The van der Waals surface area contributed by atoms with Gasteiger partial charge in [0.05, 0.1) is 31.9 Å². The summed E-state index contributed by atoms with van der Waals surface area (Å²) in [7, 11) is 1.55. The Morgan fingerprint density at radius 1 is 1.52 bits per heavy atom. The first-order valence-electron chi connectivity index (χ1n) is 7.14. The van der Waals surface area contributed by atoms with Crippen molar-refractivity contribution >= 4 is 5.91 Å². The Morgan fingerprint density at radius 3 is 3.05 bits per heavy atom. The van der Waals surface area contributed by atoms with Gasteiger partial charge in [-0.3, -0.25) is 4.79 Å². The maximum absolute atomic E-state index is 12.4. The van der Waals surface area contributed by atoms with Gasteiger partial charge in [0.25, 0.3) is 5.91 Å². The van der Waals surface area contributed by atoms with E-state index in [4.69, 9.17) is 19.9 Å². The lowest BCUT2D eigenvalue weighted by molar-refractivity contribution is 0.0925. The Balaban J connectivity index is 2.13. The molecule has 0 radical (unpaired) electrons. The highest BCUT2D eigenvalue weighted by Gasteiger charge is 2.22. The van der Waals surface area contributed by atoms with E-state index in [9.17, 15) is 4.79 Å². The summed E-state index contributed by atoms with van der Waals surface area (Å²) in [6.07, 6.45) is 1.55. The van der Waals surface area contributed by atoms with Crippen molar-refractivity contribution in [2.75, 3.05) is 33.5 Å². The van der Waals surface area contributed by atoms with Gasteiger partial charge in [0, 0.05) is 6.61 Å². The first kappa shape index (κ1) is 15.6. The van der Waals surface area contributed by atoms with E-state index in [1.54, 1.807) is 25.3 Å². The average molecular weight is 294 g/mol. The minimum absolute atomic E-state index is 0.0561. The predicted molar refractivity (Wildman–Crippen MR) is 78.9 cm³/mol. The standard InChI is InChI=1S/C15H22N2O4/c1-19-13-5-2-4-12(14(13)21-8-3-7-16)15(18)17-11-6-9-20-10-11/h2,4-5,11H,3,6-10,16H2,1H3,(H,17,18)/t11-/m1/s1. The number of carbonyl (C=O) groups is 1. The van der Waals surface area contributed by atoms with Crippen molar-refractivity contribution in [1.29, 1.82) is 0 Å². The molecule has 1 heterocycles. The number of methoxy groups -OCH3 is 1. The molecule has 1 atom stereocenters. The fraction of sp³-hybridized carbons (Fsp3) is 0.533. The smallest absolute Gasteiger partial charge is 0.255 e. The molecule has 0 bridgehead atoms. The second-order valence-corrected chi connectivity index (χ2v) is 4.86. The second-order valence-electron chi connectivity index (χ2n) is 4.86. The van der Waals surface area contributed by atoms with Gasteiger partial charge in [-0.2, -0.15) is 0 Å². The second kappa shape index (κ2) is 7.85. The third kappa shape index (κ3) is 4.09. The number of carbonyl (C=O) groups excluding carboxylic acids is 1. The summed E-state index contributed by atoms with van der Waals surface area (Å²) in [4.78, 5) is 12.4. The molecule has 1 aromatic rings. The molecule has 0 saturated carbocycles. The minimum Gasteiger partial charge on any atom is -0.493 e. The lowest BCUT2D eigenvalue weighted by Crippen LogP contribution is -2.35. The summed E-state index contributed by atoms with van der Waals surface area (Å²) in [5, 5.41) is 2.95. The normalized spacial score (nSPS) is 17.5. The number of ether oxygens (including phenoxy) is 3. The molecule has 1 aromatic carbocycles. The largest absolute Gasteiger partial charge is 0.493 e. The third-order valence-electron chi connectivity index (χ3n) is 3.30. The molecule has 0 unspecified atom stereocenters. The quantitative estimate of drug-likeness (QED) is 0.731. The third-order valence-corrected chi connectivity index (χ3v) is 3.30. The zero-order valence-corrected chi connectivity index (χ0v) is 12.3. The molecule has 0 aromatic heterocycles. The van der Waals surface area contributed by atoms with E-state index in [1.165, 1.54) is 0 Å². The van der Waals surface area contributed by atoms with E-state index in [0.29, 0.717) is 43.4 Å². The van der Waals surface area contributed by atoms with E-state index in [0.717, 1.165) is 12.8 Å². The molecule has 1 saturated heterocycles. The summed E-state index contributed by atoms with van der Waals surface area (Å²) in [5.74, 6) is 0.833. The number of amides is 1. The molecule has 1 fully saturated rings. The molecule has 1 amide bonds. The topological polar surface area (TPSA) is 82.8 Å². The molecule has 116 valence electrons. The average Bonchev–Trinajstić information content (AvgIpc) is 3.00. The number of nitrogens with one attached hydrogen (secondary N) is 1. The Kier molecular flexibility index (Phi) is 5.83. The molecule has 6 heteroatoms. The molecule has 1 aliphatic rings. The SMILES string of the molecule is COc1cccc(C(=O)N[C@@H]2CCOC2)c1OCCCN. The van der Waals surface area contributed by atoms with Gasteiger partial charge in [-0.25, -0.2) is 0 Å². The van der Waals surface area contributed by atoms with E-state index in [1.807, 2.05) is 0 Å². The molecule has 3 N–H and O–H groups in total. The number of rotatable bonds is 7. The number of para-hydroxylation sites is 1. The highest BCUT2D eigenvalue weighted by atomic mass is 16.5. The van der Waals surface area contributed by atoms with Crippen molar-refractivity contribution in [2.45, 2.75) is 18.9 Å². The van der Waals surface area contributed by atoms with Gasteiger partial charge >= 0.3 is 0 Å². The van der Waals surface area contributed by atoms with Crippen molar-refractivity contribution in [3.05, 3.63) is 23.8 Å². The van der Waals surface area contributed by atoms with Crippen molar-refractivity contribution in [2.24, 2.45) is 5.73 Å². The Hall–Kier alpha value is -1.79. The summed E-state index contributed by atoms with van der Waals surface area (Å²) in [5.41, 5.74) is 5.94. The van der Waals surface area contributed by atoms with Gasteiger partial charge in [-0.1, -0.05) is 6.07 Å². The van der Waals surface area contributed by atoms with Crippen LogP contribution in [0.3, 0.4) is 0 Å². The van der Waals surface area contributed by atoms with E-state index in [2.05, 4.69) is 5.32 Å². The fourth-order valence-corrected chi connectivity index (χ4v) is 2.17. The van der Waals surface area contributed by atoms with E-state index >= 15 is 0 Å². The predicted octanol–water partition coefficient (Wildman–Crippen LogP) is 0.941. The van der Waals surface area contributed by atoms with Crippen LogP contribution in [0.15, 0.2) is 18.2 Å². The van der Waals surface area contributed by atoms with Crippen LogP contribution in [0.4, 0.5) is 0 Å². The highest BCUT2D eigenvalue weighted by Crippen LogP contribution is 2.31. The van der Waals surface area contributed by atoms with Gasteiger partial charge in [-0.15, -0.1) is 0 Å². The van der Waals surface area contributed by atoms with Crippen LogP contribution in [0.25, 0.3) is 0 Å². The molecule has 0 spiro atoms. The van der Waals surface area contributed by atoms with Gasteiger partial charge in [0.15, 0.2) is 11.5 Å². The highest BCUT2D eigenvalue weighted by molar-refractivity contribution is 5.98. The number of hydrogen-bond acceptors (Lipinski definition) is 5. The lowest BCUT2D eigenvalue weighted by Gasteiger charge is -2.16. The molecule has 21 heavy (non-hydrogen) atoms. The number of hydrogen-bond donors (Lipinski definition) is 2. The molecule has 2 rings (SSSR count). The van der Waals surface area contributed by atoms with Crippen LogP contribution in [0.2, 0.25) is 0 Å². The maximum atomic E-state index is 12.4. The van der Waals surface area contributed by atoms with Crippen molar-refractivity contribution in [1.82, 2.24) is 5.32 Å². The van der Waals surface area contributed by atoms with Crippen molar-refractivity contribution in [3.8, 4) is 11.5 Å². The van der Waals surface area contributed by atoms with Crippen LogP contribution in [-0.4, -0.2) is 45.4 Å². The number of nitrogens with two attached hydrogens (primary N) is 1. The monoisotopic (exact) mass is 294 g/mol. The molecular weight excluding hydrogens is 272 g/mol. The lowest BCUT2D eigenvalue weighted by atomic mass is 10.1. The van der Waals surface area contributed by atoms with E-state index in [-0.39, 0.29) is 11.9 Å². The molecule has 6 nitrogen and oxygen atoms in total. The zero-order chi connectivity index (χ0) is 15.1. The number of benzene rings is 1. The Bertz CT molecular complexity index is 473. The van der Waals surface area contributed by atoms with Crippen molar-refractivity contribution in [3.63, 3.8) is 0 Å². The van der Waals surface area contributed by atoms with Crippen LogP contribution < -0.4 is 20.5 Å². The summed E-state index contributed by atoms with van der Waals surface area (Å²) in [6, 6.07) is 5.33. The van der Waals surface area contributed by atoms with E-state index < -0.39 is 0 Å². The molecular formula is C15H22N2O4. The maximum Gasteiger partial charge on any atom is 0.255 e. The Labute approximate surface area is 124 Å². The van der Waals surface area contributed by atoms with Crippen LogP contribution in [0.5, 0.6) is 11.5 Å². The van der Waals surface area contributed by atoms with Crippen LogP contribution >= 0.6 is 0 Å². The zero-order valence-electron chi connectivity index (χ0n) is 12.3. The molecule has 0 aliphatic carbocycles. The summed E-state index contributed by atoms with van der Waals surface area (Å²) < 4.78 is 16.2. The van der Waals surface area contributed by atoms with Crippen molar-refractivity contribution < 1.29 is 19.0 Å². The minimum atomic E-state index is -0.174. The summed E-state index contributed by atoms with van der Waals surface area (Å²) >= 11 is 0. The van der Waals surface area contributed by atoms with Crippen LogP contribution in [-0.2, 0) is 4.74 Å². The fourth-order valence-electron chi connectivity index (χ4n) is 2.17. The van der Waals surface area contributed by atoms with Gasteiger partial charge in [0.1, 0.15) is 0 Å². The first-order chi connectivity index (χ1) is 10.3. The van der Waals surface area contributed by atoms with Gasteiger partial charge < -0.3 is 25.3 Å². The van der Waals surface area contributed by atoms with Gasteiger partial charge in [0.2, 0.25) is 0 Å². The van der Waals surface area contributed by atoms with Crippen LogP contribution in [0, 0.1) is 0 Å². The first-order valence-corrected chi connectivity index (χ1v) is 7.14. The Morgan fingerprint density at radius 2 is 2.38 bits per heavy atom. The molecule has 1 aliphatic heterocycles.